The Bertz CT molecular complexity index is 9940. The van der Waals surface area contributed by atoms with Crippen LogP contribution in [0.25, 0.3) is 262 Å². The van der Waals surface area contributed by atoms with Crippen molar-refractivity contribution in [2.24, 2.45) is 0 Å². The summed E-state index contributed by atoms with van der Waals surface area (Å²) < 4.78 is 11.7. The smallest absolute Gasteiger partial charge is 0.235 e. The van der Waals surface area contributed by atoms with Gasteiger partial charge in [-0.15, -0.1) is 0 Å². The fourth-order valence-electron chi connectivity index (χ4n) is 21.5. The number of nitrogens with zero attached hydrogens (tertiary/aromatic N) is 12. The molecule has 0 N–H and O–H groups in total. The molecule has 29 aromatic rings. The Hall–Kier alpha value is -20.2. The summed E-state index contributed by atoms with van der Waals surface area (Å²) >= 11 is 0. The van der Waals surface area contributed by atoms with Gasteiger partial charge in [-0.1, -0.05) is 413 Å². The zero-order valence-electron chi connectivity index (χ0n) is 80.8. The predicted molar refractivity (Wildman–Crippen MR) is 615 cm³/mol. The zero-order chi connectivity index (χ0) is 98.6. The van der Waals surface area contributed by atoms with Crippen LogP contribution in [0.5, 0.6) is 0 Å². The van der Waals surface area contributed by atoms with Gasteiger partial charge in [-0.25, -0.2) is 34.9 Å². The molecule has 0 unspecified atom stereocenters. The highest BCUT2D eigenvalue weighted by Crippen LogP contribution is 2.45. The van der Waals surface area contributed by atoms with Gasteiger partial charge in [0.1, 0.15) is 0 Å². The number of hydrogen-bond donors (Lipinski definition) is 0. The molecule has 149 heavy (non-hydrogen) atoms. The second-order valence-corrected chi connectivity index (χ2v) is 37.5. The van der Waals surface area contributed by atoms with E-state index in [0.29, 0.717) is 29.2 Å². The van der Waals surface area contributed by atoms with Gasteiger partial charge >= 0.3 is 0 Å². The van der Waals surface area contributed by atoms with Crippen LogP contribution in [-0.4, -0.2) is 57.7 Å². The number of hydrogen-bond acceptors (Lipinski definition) is 7. The molecule has 0 spiro atoms. The van der Waals surface area contributed by atoms with Crippen molar-refractivity contribution in [3.8, 4) is 153 Å². The summed E-state index contributed by atoms with van der Waals surface area (Å²) in [6.07, 6.45) is 0. The molecule has 0 radical (unpaired) electrons. The van der Waals surface area contributed by atoms with E-state index >= 15 is 0 Å². The van der Waals surface area contributed by atoms with Gasteiger partial charge in [-0.05, 0) is 167 Å². The fourth-order valence-corrected chi connectivity index (χ4v) is 21.5. The number of fused-ring (bicyclic) bond motifs is 15. The van der Waals surface area contributed by atoms with Gasteiger partial charge in [0.25, 0.3) is 0 Å². The second-order valence-electron chi connectivity index (χ2n) is 37.5. The van der Waals surface area contributed by atoms with Gasteiger partial charge in [0.15, 0.2) is 23.3 Å². The molecule has 0 aliphatic carbocycles. The third kappa shape index (κ3) is 16.3. The molecule has 21 aromatic carbocycles. The van der Waals surface area contributed by atoms with Crippen molar-refractivity contribution >= 4 is 109 Å². The Kier molecular flexibility index (Phi) is 22.3. The van der Waals surface area contributed by atoms with Crippen LogP contribution in [0.1, 0.15) is 0 Å². The van der Waals surface area contributed by atoms with E-state index in [1.807, 2.05) is 97.1 Å². The third-order valence-electron chi connectivity index (χ3n) is 28.6. The third-order valence-corrected chi connectivity index (χ3v) is 28.6. The van der Waals surface area contributed by atoms with Crippen LogP contribution in [0.3, 0.4) is 0 Å². The summed E-state index contributed by atoms with van der Waals surface area (Å²) in [5, 5.41) is 12.2. The summed E-state index contributed by atoms with van der Waals surface area (Å²) in [4.78, 5) is 35.5. The molecule has 8 heterocycles. The molecule has 12 nitrogen and oxygen atoms in total. The molecule has 8 aromatic heterocycles. The Balaban J connectivity index is 0.000000111. The highest BCUT2D eigenvalue weighted by atomic mass is 15.2. The van der Waals surface area contributed by atoms with Crippen LogP contribution in [0, 0.1) is 0 Å². The largest absolute Gasteiger partial charge is 0.309 e. The van der Waals surface area contributed by atoms with Gasteiger partial charge in [-0.2, -0.15) is 0 Å². The Labute approximate surface area is 859 Å². The molecule has 0 aliphatic rings. The van der Waals surface area contributed by atoms with Crippen molar-refractivity contribution in [2.45, 2.75) is 0 Å². The molecule has 0 fully saturated rings. The van der Waals surface area contributed by atoms with Crippen LogP contribution in [-0.2, 0) is 0 Å². The van der Waals surface area contributed by atoms with E-state index in [4.69, 9.17) is 34.9 Å². The minimum absolute atomic E-state index is 0.629. The lowest BCUT2D eigenvalue weighted by atomic mass is 10.0. The first-order valence-electron chi connectivity index (χ1n) is 50.3. The van der Waals surface area contributed by atoms with Crippen LogP contribution in [0.15, 0.2) is 546 Å². The van der Waals surface area contributed by atoms with Crippen molar-refractivity contribution in [1.29, 1.82) is 0 Å². The Morgan fingerprint density at radius 2 is 0.336 bits per heavy atom. The molecule has 698 valence electrons. The minimum Gasteiger partial charge on any atom is -0.309 e. The lowest BCUT2D eigenvalue weighted by molar-refractivity contribution is 0.996. The zero-order valence-corrected chi connectivity index (χ0v) is 80.8. The van der Waals surface area contributed by atoms with E-state index in [0.717, 1.165) is 129 Å². The molecule has 29 rings (SSSR count). The number of benzene rings is 21. The maximum atomic E-state index is 5.23. The van der Waals surface area contributed by atoms with Crippen molar-refractivity contribution < 1.29 is 0 Å². The number of rotatable bonds is 16. The van der Waals surface area contributed by atoms with Crippen LogP contribution in [0.2, 0.25) is 0 Å². The summed E-state index contributed by atoms with van der Waals surface area (Å²) in [6.45, 7) is 0. The standard InChI is InChI=1S/C51H33N5.C46H30N4.C40H27N3/c1-4-15-34(16-5-1)49-52-50(35-17-6-2-7-18-35)54-51(53-49)38-19-14-22-40(31-38)56-45-25-12-10-23-41(45)43-29-27-37(33-48(43)56)36-28-30-47-44(32-36)42-24-11-13-26-46(42)55(47)39-20-8-3-9-21-39;1-4-14-31(15-5-1)40-30-41(32-16-6-2-7-17-32)48-46(47-40)50-43-23-13-10-20-36(43)38-26-24-34(29-45(38)50)33-25-27-44-39(28-33)37-21-11-12-22-42(37)49(44)35-18-8-3-9-19-35;1-3-11-28(12-4-1)29-19-21-30(22-20-29)36-27-37(42-40(41-36)32-13-5-2-6-14-32)31-23-25-33(26-24-31)43-38-17-9-7-15-34(38)35-16-8-10-18-39(35)43/h1-33H;1-30H;1-27H. The van der Waals surface area contributed by atoms with Gasteiger partial charge in [0, 0.05) is 121 Å². The summed E-state index contributed by atoms with van der Waals surface area (Å²) in [7, 11) is 0. The van der Waals surface area contributed by atoms with Crippen molar-refractivity contribution in [2.75, 3.05) is 0 Å². The molecule has 0 amide bonds. The van der Waals surface area contributed by atoms with E-state index in [9.17, 15) is 0 Å². The second kappa shape index (κ2) is 37.9. The van der Waals surface area contributed by atoms with Crippen LogP contribution < -0.4 is 0 Å². The summed E-state index contributed by atoms with van der Waals surface area (Å²) in [5.41, 5.74) is 34.7. The van der Waals surface area contributed by atoms with Gasteiger partial charge < -0.3 is 18.3 Å². The van der Waals surface area contributed by atoms with Crippen LogP contribution in [0.4, 0.5) is 0 Å². The first-order chi connectivity index (χ1) is 73.9. The monoisotopic (exact) mass is 1900 g/mol. The van der Waals surface area contributed by atoms with E-state index in [1.165, 1.54) is 104 Å². The summed E-state index contributed by atoms with van der Waals surface area (Å²) in [6, 6.07) is 192. The highest BCUT2D eigenvalue weighted by Gasteiger charge is 2.25. The van der Waals surface area contributed by atoms with E-state index in [1.54, 1.807) is 0 Å². The van der Waals surface area contributed by atoms with Gasteiger partial charge in [0.2, 0.25) is 5.95 Å². The average molecular weight is 1900 g/mol. The predicted octanol–water partition coefficient (Wildman–Crippen LogP) is 34.6. The van der Waals surface area contributed by atoms with Gasteiger partial charge in [-0.3, -0.25) is 4.57 Å². The Morgan fingerprint density at radius 1 is 0.107 bits per heavy atom. The molecule has 0 aliphatic heterocycles. The van der Waals surface area contributed by atoms with E-state index < -0.39 is 0 Å². The average Bonchev–Trinajstić information content (AvgIpc) is 1.59. The van der Waals surface area contributed by atoms with Crippen LogP contribution >= 0.6 is 0 Å². The first-order valence-corrected chi connectivity index (χ1v) is 50.3. The highest BCUT2D eigenvalue weighted by molar-refractivity contribution is 6.16. The lowest BCUT2D eigenvalue weighted by Gasteiger charge is -2.12. The van der Waals surface area contributed by atoms with E-state index in [-0.39, 0.29) is 0 Å². The topological polar surface area (TPSA) is 115 Å². The molecule has 0 saturated carbocycles. The fraction of sp³-hybridized carbons (Fsp3) is 0. The molecular formula is C137H90N12. The number of aromatic nitrogens is 12. The lowest BCUT2D eigenvalue weighted by Crippen LogP contribution is -2.04. The number of para-hydroxylation sites is 8. The normalized spacial score (nSPS) is 11.5. The van der Waals surface area contributed by atoms with E-state index in [2.05, 4.69) is 472 Å². The Morgan fingerprint density at radius 3 is 0.725 bits per heavy atom. The summed E-state index contributed by atoms with van der Waals surface area (Å²) in [5.74, 6) is 3.28. The molecule has 0 bridgehead atoms. The maximum absolute atomic E-state index is 5.23. The first kappa shape index (κ1) is 87.8. The van der Waals surface area contributed by atoms with Crippen molar-refractivity contribution in [3.63, 3.8) is 0 Å². The minimum atomic E-state index is 0.629. The molecular weight excluding hydrogens is 1810 g/mol. The molecule has 12 heteroatoms. The van der Waals surface area contributed by atoms with Crippen molar-refractivity contribution in [3.05, 3.63) is 546 Å². The van der Waals surface area contributed by atoms with Gasteiger partial charge in [0.05, 0.1) is 77.9 Å². The molecule has 0 saturated heterocycles. The maximum Gasteiger partial charge on any atom is 0.235 e. The quantitative estimate of drug-likeness (QED) is 0.0946. The SMILES string of the molecule is c1ccc(-c2cc(-c3ccccc3)nc(-n3c4ccccc4c4ccc(-c5ccc6c(c5)c5ccccc5n6-c5ccccc5)cc43)n2)cc1.c1ccc(-c2ccc(-c3cc(-c4ccc(-n5c6ccccc6c6ccccc65)cc4)nc(-c4ccccc4)n3)cc2)cc1.c1ccc(-c2nc(-c3ccccc3)nc(-c3cccc(-n4c5ccccc5c5ccc(-c6ccc7c(c6)c6ccccc6n7-c6ccccc6)cc54)c3)n2)cc1. The van der Waals surface area contributed by atoms with Crippen molar-refractivity contribution in [1.82, 2.24) is 57.7 Å². The molecule has 0 atom stereocenters.